The third kappa shape index (κ3) is 4.80. The maximum atomic E-state index is 13.0. The predicted octanol–water partition coefficient (Wildman–Crippen LogP) is 3.90. The summed E-state index contributed by atoms with van der Waals surface area (Å²) in [7, 11) is -3.64. The van der Waals surface area contributed by atoms with Crippen LogP contribution < -0.4 is 10.2 Å². The van der Waals surface area contributed by atoms with Crippen molar-refractivity contribution in [3.05, 3.63) is 47.0 Å². The summed E-state index contributed by atoms with van der Waals surface area (Å²) in [5.74, 6) is -0.0385. The van der Waals surface area contributed by atoms with Crippen LogP contribution in [0.4, 0.5) is 11.4 Å². The lowest BCUT2D eigenvalue weighted by atomic mass is 10.2. The second-order valence-corrected chi connectivity index (χ2v) is 11.3. The summed E-state index contributed by atoms with van der Waals surface area (Å²) in [6.07, 6.45) is 1.94. The fraction of sp³-hybridized carbons (Fsp3) is 0.364. The van der Waals surface area contributed by atoms with Crippen LogP contribution in [-0.4, -0.2) is 49.9 Å². The smallest absolute Gasteiger partial charge is 0.244 e. The molecule has 2 amide bonds. The Morgan fingerprint density at radius 1 is 1.16 bits per heavy atom. The number of carbonyl (C=O) groups excluding carboxylic acids is 2. The fourth-order valence-corrected chi connectivity index (χ4v) is 6.47. The molecule has 7 nitrogen and oxygen atoms in total. The zero-order valence-corrected chi connectivity index (χ0v) is 20.0. The van der Waals surface area contributed by atoms with Crippen molar-refractivity contribution in [2.45, 2.75) is 36.0 Å². The minimum absolute atomic E-state index is 0.143. The van der Waals surface area contributed by atoms with E-state index >= 15 is 0 Å². The molecular weight excluding hydrogens is 470 g/mol. The second-order valence-electron chi connectivity index (χ2n) is 7.83. The van der Waals surface area contributed by atoms with Crippen molar-refractivity contribution >= 4 is 56.6 Å². The Kier molecular flexibility index (Phi) is 6.80. The van der Waals surface area contributed by atoms with E-state index in [1.54, 1.807) is 30.3 Å². The Morgan fingerprint density at radius 2 is 1.91 bits per heavy atom. The number of anilines is 2. The first-order chi connectivity index (χ1) is 15.3. The Bertz CT molecular complexity index is 1160. The number of rotatable bonds is 5. The van der Waals surface area contributed by atoms with Gasteiger partial charge < -0.3 is 10.2 Å². The van der Waals surface area contributed by atoms with Gasteiger partial charge in [-0.15, -0.1) is 11.8 Å². The van der Waals surface area contributed by atoms with E-state index < -0.39 is 10.0 Å². The summed E-state index contributed by atoms with van der Waals surface area (Å²) in [6.45, 7) is 2.65. The van der Waals surface area contributed by atoms with Crippen LogP contribution in [0.5, 0.6) is 0 Å². The van der Waals surface area contributed by atoms with E-state index in [9.17, 15) is 18.0 Å². The van der Waals surface area contributed by atoms with Crippen molar-refractivity contribution in [3.8, 4) is 0 Å². The number of hydrogen-bond donors (Lipinski definition) is 1. The summed E-state index contributed by atoms with van der Waals surface area (Å²) >= 11 is 7.62. The summed E-state index contributed by atoms with van der Waals surface area (Å²) in [6, 6.07) is 10.0. The van der Waals surface area contributed by atoms with E-state index in [1.165, 1.54) is 27.0 Å². The number of thioether (sulfide) groups is 1. The van der Waals surface area contributed by atoms with Gasteiger partial charge >= 0.3 is 0 Å². The van der Waals surface area contributed by atoms with Crippen LogP contribution in [-0.2, 0) is 19.6 Å². The Labute approximate surface area is 197 Å². The van der Waals surface area contributed by atoms with E-state index in [4.69, 9.17) is 11.6 Å². The van der Waals surface area contributed by atoms with Crippen molar-refractivity contribution in [3.63, 3.8) is 0 Å². The third-order valence-electron chi connectivity index (χ3n) is 5.56. The van der Waals surface area contributed by atoms with Gasteiger partial charge in [-0.25, -0.2) is 8.42 Å². The van der Waals surface area contributed by atoms with E-state index in [2.05, 4.69) is 5.32 Å². The molecule has 0 aromatic heterocycles. The molecule has 0 unspecified atom stereocenters. The molecule has 2 aliphatic rings. The molecular formula is C22H24ClN3O4S2. The van der Waals surface area contributed by atoms with Gasteiger partial charge in [0.05, 0.1) is 10.6 Å². The highest BCUT2D eigenvalue weighted by molar-refractivity contribution is 7.99. The molecule has 170 valence electrons. The maximum absolute atomic E-state index is 13.0. The summed E-state index contributed by atoms with van der Waals surface area (Å²) in [5.41, 5.74) is 1.88. The zero-order valence-electron chi connectivity index (χ0n) is 17.6. The van der Waals surface area contributed by atoms with E-state index in [-0.39, 0.29) is 29.7 Å². The van der Waals surface area contributed by atoms with Crippen LogP contribution >= 0.6 is 23.4 Å². The number of hydrogen-bond acceptors (Lipinski definition) is 5. The van der Waals surface area contributed by atoms with E-state index in [0.29, 0.717) is 35.2 Å². The summed E-state index contributed by atoms with van der Waals surface area (Å²) in [4.78, 5) is 27.9. The van der Waals surface area contributed by atoms with Crippen molar-refractivity contribution in [1.29, 1.82) is 0 Å². The zero-order chi connectivity index (χ0) is 22.9. The van der Waals surface area contributed by atoms with Crippen LogP contribution in [0.2, 0.25) is 5.02 Å². The molecule has 32 heavy (non-hydrogen) atoms. The lowest BCUT2D eigenvalue weighted by Crippen LogP contribution is -2.38. The highest BCUT2D eigenvalue weighted by atomic mass is 35.5. The van der Waals surface area contributed by atoms with Crippen LogP contribution in [0.3, 0.4) is 0 Å². The molecule has 0 bridgehead atoms. The first kappa shape index (κ1) is 23.1. The molecule has 1 saturated heterocycles. The van der Waals surface area contributed by atoms with Gasteiger partial charge in [-0.2, -0.15) is 4.31 Å². The Balaban J connectivity index is 1.61. The van der Waals surface area contributed by atoms with Gasteiger partial charge in [0.15, 0.2) is 0 Å². The molecule has 2 heterocycles. The first-order valence-corrected chi connectivity index (χ1v) is 13.2. The standard InChI is InChI=1S/C22H24ClN3O4S2/c1-15-4-5-16(12-18(15)23)24-21(27)14-26-19-13-17(32(29,30)25-9-2-3-10-25)6-7-20(19)31-11-8-22(26)28/h4-7,12-13H,2-3,8-11,14H2,1H3,(H,24,27). The molecule has 2 aromatic rings. The second kappa shape index (κ2) is 9.43. The van der Waals surface area contributed by atoms with Gasteiger partial charge in [0.25, 0.3) is 0 Å². The minimum Gasteiger partial charge on any atom is -0.324 e. The van der Waals surface area contributed by atoms with Gasteiger partial charge in [0, 0.05) is 40.9 Å². The number of benzene rings is 2. The first-order valence-electron chi connectivity index (χ1n) is 10.4. The number of carbonyl (C=O) groups is 2. The molecule has 0 radical (unpaired) electrons. The number of halogens is 1. The van der Waals surface area contributed by atoms with Crippen molar-refractivity contribution in [1.82, 2.24) is 4.31 Å². The van der Waals surface area contributed by atoms with E-state index in [1.807, 2.05) is 6.92 Å². The number of aryl methyl sites for hydroxylation is 1. The number of amides is 2. The van der Waals surface area contributed by atoms with Crippen LogP contribution in [0.15, 0.2) is 46.2 Å². The maximum Gasteiger partial charge on any atom is 0.244 e. The van der Waals surface area contributed by atoms with Gasteiger partial charge in [-0.3, -0.25) is 9.59 Å². The van der Waals surface area contributed by atoms with Gasteiger partial charge in [0.2, 0.25) is 21.8 Å². The lowest BCUT2D eigenvalue weighted by Gasteiger charge is -2.24. The molecule has 1 fully saturated rings. The highest BCUT2D eigenvalue weighted by Gasteiger charge is 2.30. The Morgan fingerprint density at radius 3 is 2.62 bits per heavy atom. The van der Waals surface area contributed by atoms with E-state index in [0.717, 1.165) is 23.3 Å². The molecule has 4 rings (SSSR count). The largest absolute Gasteiger partial charge is 0.324 e. The number of nitrogens with one attached hydrogen (secondary N) is 1. The number of fused-ring (bicyclic) bond motifs is 1. The minimum atomic E-state index is -3.64. The van der Waals surface area contributed by atoms with Gasteiger partial charge in [0.1, 0.15) is 6.54 Å². The quantitative estimate of drug-likeness (QED) is 0.682. The number of nitrogens with zero attached hydrogens (tertiary/aromatic N) is 2. The molecule has 0 aliphatic carbocycles. The number of sulfonamides is 1. The van der Waals surface area contributed by atoms with Crippen molar-refractivity contribution in [2.75, 3.05) is 35.6 Å². The molecule has 10 heteroatoms. The van der Waals surface area contributed by atoms with Crippen LogP contribution in [0.1, 0.15) is 24.8 Å². The monoisotopic (exact) mass is 493 g/mol. The molecule has 0 atom stereocenters. The molecule has 0 spiro atoms. The average molecular weight is 494 g/mol. The molecule has 2 aromatic carbocycles. The molecule has 1 N–H and O–H groups in total. The molecule has 2 aliphatic heterocycles. The van der Waals surface area contributed by atoms with Crippen molar-refractivity contribution < 1.29 is 18.0 Å². The fourth-order valence-electron chi connectivity index (χ4n) is 3.77. The molecule has 0 saturated carbocycles. The Hall–Kier alpha value is -2.07. The normalized spacial score (nSPS) is 17.2. The van der Waals surface area contributed by atoms with Crippen LogP contribution in [0.25, 0.3) is 0 Å². The lowest BCUT2D eigenvalue weighted by molar-refractivity contribution is -0.121. The highest BCUT2D eigenvalue weighted by Crippen LogP contribution is 2.37. The predicted molar refractivity (Wildman–Crippen MR) is 127 cm³/mol. The SMILES string of the molecule is Cc1ccc(NC(=O)CN2C(=O)CCSc3ccc(S(=O)(=O)N4CCCC4)cc32)cc1Cl. The topological polar surface area (TPSA) is 86.8 Å². The summed E-state index contributed by atoms with van der Waals surface area (Å²) in [5, 5.41) is 3.30. The third-order valence-corrected chi connectivity index (χ3v) is 8.92. The summed E-state index contributed by atoms with van der Waals surface area (Å²) < 4.78 is 27.6. The van der Waals surface area contributed by atoms with Gasteiger partial charge in [-0.1, -0.05) is 17.7 Å². The van der Waals surface area contributed by atoms with Crippen LogP contribution in [0, 0.1) is 6.92 Å². The van der Waals surface area contributed by atoms with Gasteiger partial charge in [-0.05, 0) is 55.7 Å². The average Bonchev–Trinajstić information content (AvgIpc) is 3.26. The van der Waals surface area contributed by atoms with Crippen molar-refractivity contribution in [2.24, 2.45) is 0 Å².